The van der Waals surface area contributed by atoms with Gasteiger partial charge in [0.25, 0.3) is 11.9 Å². The zero-order valence-corrected chi connectivity index (χ0v) is 7.37. The average Bonchev–Trinajstić information content (AvgIpc) is 2.91. The van der Waals surface area contributed by atoms with Gasteiger partial charge in [-0.05, 0) is 18.9 Å². The van der Waals surface area contributed by atoms with Crippen molar-refractivity contribution >= 4 is 5.91 Å². The second-order valence-corrected chi connectivity index (χ2v) is 3.16. The highest BCUT2D eigenvalue weighted by molar-refractivity contribution is 5.95. The summed E-state index contributed by atoms with van der Waals surface area (Å²) in [4.78, 5) is 14.3. The summed E-state index contributed by atoms with van der Waals surface area (Å²) in [5.41, 5.74) is 5.11. The first-order valence-corrected chi connectivity index (χ1v) is 4.29. The minimum absolute atomic E-state index is 0.00630. The van der Waals surface area contributed by atoms with E-state index < -0.39 is 11.9 Å². The van der Waals surface area contributed by atoms with Crippen molar-refractivity contribution in [1.29, 1.82) is 0 Å². The van der Waals surface area contributed by atoms with Crippen molar-refractivity contribution in [3.63, 3.8) is 0 Å². The molecule has 1 aromatic rings. The Labute approximate surface area is 79.9 Å². The van der Waals surface area contributed by atoms with Gasteiger partial charge in [0.05, 0.1) is 11.7 Å². The Balaban J connectivity index is 2.36. The molecule has 0 radical (unpaired) electrons. The van der Waals surface area contributed by atoms with E-state index in [1.807, 2.05) is 0 Å². The first-order valence-electron chi connectivity index (χ1n) is 4.29. The highest BCUT2D eigenvalue weighted by atomic mass is 19.1. The lowest BCUT2D eigenvalue weighted by Crippen LogP contribution is -2.15. The number of amides is 1. The summed E-state index contributed by atoms with van der Waals surface area (Å²) in [7, 11) is 0. The van der Waals surface area contributed by atoms with Crippen LogP contribution in [0.2, 0.25) is 0 Å². The fourth-order valence-corrected chi connectivity index (χ4v) is 1.08. The van der Waals surface area contributed by atoms with Crippen molar-refractivity contribution in [1.82, 2.24) is 4.98 Å². The molecule has 0 spiro atoms. The number of halogens is 1. The van der Waals surface area contributed by atoms with Crippen molar-refractivity contribution in [3.8, 4) is 5.75 Å². The summed E-state index contributed by atoms with van der Waals surface area (Å²) in [6.45, 7) is 0. The minimum atomic E-state index is -0.784. The molecule has 14 heavy (non-hydrogen) atoms. The van der Waals surface area contributed by atoms with Gasteiger partial charge < -0.3 is 10.5 Å². The van der Waals surface area contributed by atoms with E-state index in [2.05, 4.69) is 4.98 Å². The smallest absolute Gasteiger partial charge is 0.256 e. The Hall–Kier alpha value is -1.65. The second kappa shape index (κ2) is 3.25. The largest absolute Gasteiger partial charge is 0.485 e. The summed E-state index contributed by atoms with van der Waals surface area (Å²) >= 11 is 0. The van der Waals surface area contributed by atoms with E-state index in [4.69, 9.17) is 10.5 Å². The number of aromatic nitrogens is 1. The predicted molar refractivity (Wildman–Crippen MR) is 46.4 cm³/mol. The molecule has 0 saturated heterocycles. The molecule has 74 valence electrons. The van der Waals surface area contributed by atoms with Gasteiger partial charge in [0.1, 0.15) is 0 Å². The maximum absolute atomic E-state index is 13.2. The molecule has 1 aliphatic rings. The lowest BCUT2D eigenvalue weighted by Gasteiger charge is -2.07. The maximum atomic E-state index is 13.2. The van der Waals surface area contributed by atoms with Gasteiger partial charge in [-0.15, -0.1) is 0 Å². The van der Waals surface area contributed by atoms with Crippen LogP contribution in [0.1, 0.15) is 23.2 Å². The van der Waals surface area contributed by atoms with Crippen LogP contribution in [0, 0.1) is 5.95 Å². The van der Waals surface area contributed by atoms with Crippen LogP contribution in [-0.4, -0.2) is 17.0 Å². The molecule has 1 aromatic heterocycles. The number of primary amides is 1. The first-order chi connectivity index (χ1) is 6.68. The van der Waals surface area contributed by atoms with Crippen LogP contribution in [0.15, 0.2) is 12.3 Å². The van der Waals surface area contributed by atoms with E-state index in [1.165, 1.54) is 12.3 Å². The molecule has 1 heterocycles. The summed E-state index contributed by atoms with van der Waals surface area (Å²) < 4.78 is 18.4. The third-order valence-corrected chi connectivity index (χ3v) is 1.94. The lowest BCUT2D eigenvalue weighted by atomic mass is 10.2. The van der Waals surface area contributed by atoms with E-state index in [-0.39, 0.29) is 17.4 Å². The SMILES string of the molecule is NC(=O)c1ccnc(F)c1OC1CC1. The van der Waals surface area contributed by atoms with Crippen LogP contribution in [0.25, 0.3) is 0 Å². The van der Waals surface area contributed by atoms with Gasteiger partial charge in [-0.3, -0.25) is 4.79 Å². The molecule has 0 unspecified atom stereocenters. The molecule has 1 saturated carbocycles. The molecule has 1 fully saturated rings. The van der Waals surface area contributed by atoms with E-state index in [0.717, 1.165) is 12.8 Å². The second-order valence-electron chi connectivity index (χ2n) is 3.16. The Morgan fingerprint density at radius 1 is 1.64 bits per heavy atom. The van der Waals surface area contributed by atoms with Gasteiger partial charge in [0.15, 0.2) is 5.75 Å². The standard InChI is InChI=1S/C9H9FN2O2/c10-8-7(14-5-1-2-5)6(9(11)13)3-4-12-8/h3-5H,1-2H2,(H2,11,13). The number of nitrogens with two attached hydrogens (primary N) is 1. The number of ether oxygens (including phenoxy) is 1. The summed E-state index contributed by atoms with van der Waals surface area (Å²) in [5, 5.41) is 0. The summed E-state index contributed by atoms with van der Waals surface area (Å²) in [6, 6.07) is 1.35. The molecular weight excluding hydrogens is 187 g/mol. The van der Waals surface area contributed by atoms with Crippen molar-refractivity contribution in [2.24, 2.45) is 5.73 Å². The van der Waals surface area contributed by atoms with Gasteiger partial charge in [0, 0.05) is 6.20 Å². The summed E-state index contributed by atoms with van der Waals surface area (Å²) in [6.07, 6.45) is 2.96. The third kappa shape index (κ3) is 1.66. The Bertz CT molecular complexity index is 377. The number of carbonyl (C=O) groups is 1. The van der Waals surface area contributed by atoms with Crippen molar-refractivity contribution in [3.05, 3.63) is 23.8 Å². The molecular formula is C9H9FN2O2. The van der Waals surface area contributed by atoms with Crippen LogP contribution < -0.4 is 10.5 Å². The van der Waals surface area contributed by atoms with Gasteiger partial charge in [0.2, 0.25) is 0 Å². The van der Waals surface area contributed by atoms with Gasteiger partial charge in [-0.25, -0.2) is 4.98 Å². The topological polar surface area (TPSA) is 65.2 Å². The Morgan fingerprint density at radius 2 is 2.36 bits per heavy atom. The number of hydrogen-bond donors (Lipinski definition) is 1. The molecule has 0 aromatic carbocycles. The fraction of sp³-hybridized carbons (Fsp3) is 0.333. The first kappa shape index (κ1) is 8.93. The number of rotatable bonds is 3. The molecule has 1 aliphatic carbocycles. The summed E-state index contributed by atoms with van der Waals surface area (Å²) in [5.74, 6) is -1.61. The van der Waals surface area contributed by atoms with Crippen molar-refractivity contribution < 1.29 is 13.9 Å². The zero-order chi connectivity index (χ0) is 10.1. The van der Waals surface area contributed by atoms with Crippen molar-refractivity contribution in [2.75, 3.05) is 0 Å². The Kier molecular flexibility index (Phi) is 2.07. The predicted octanol–water partition coefficient (Wildman–Crippen LogP) is 0.861. The lowest BCUT2D eigenvalue weighted by molar-refractivity contribution is 0.0994. The molecule has 0 aliphatic heterocycles. The maximum Gasteiger partial charge on any atom is 0.256 e. The third-order valence-electron chi connectivity index (χ3n) is 1.94. The highest BCUT2D eigenvalue weighted by Crippen LogP contribution is 2.30. The van der Waals surface area contributed by atoms with E-state index in [9.17, 15) is 9.18 Å². The molecule has 0 atom stereocenters. The number of nitrogens with zero attached hydrogens (tertiary/aromatic N) is 1. The molecule has 2 rings (SSSR count). The van der Waals surface area contributed by atoms with E-state index in [1.54, 1.807) is 0 Å². The normalized spacial score (nSPS) is 15.2. The van der Waals surface area contributed by atoms with Gasteiger partial charge in [-0.1, -0.05) is 0 Å². The number of pyridine rings is 1. The van der Waals surface area contributed by atoms with Crippen LogP contribution in [0.5, 0.6) is 5.75 Å². The number of carbonyl (C=O) groups excluding carboxylic acids is 1. The zero-order valence-electron chi connectivity index (χ0n) is 7.37. The van der Waals surface area contributed by atoms with Gasteiger partial charge in [-0.2, -0.15) is 4.39 Å². The average molecular weight is 196 g/mol. The fourth-order valence-electron chi connectivity index (χ4n) is 1.08. The molecule has 1 amide bonds. The quantitative estimate of drug-likeness (QED) is 0.729. The van der Waals surface area contributed by atoms with E-state index in [0.29, 0.717) is 0 Å². The number of hydrogen-bond acceptors (Lipinski definition) is 3. The Morgan fingerprint density at radius 3 is 2.93 bits per heavy atom. The van der Waals surface area contributed by atoms with Gasteiger partial charge >= 0.3 is 0 Å². The molecule has 0 bridgehead atoms. The highest BCUT2D eigenvalue weighted by Gasteiger charge is 2.27. The monoisotopic (exact) mass is 196 g/mol. The van der Waals surface area contributed by atoms with E-state index >= 15 is 0 Å². The minimum Gasteiger partial charge on any atom is -0.485 e. The molecule has 2 N–H and O–H groups in total. The van der Waals surface area contributed by atoms with Crippen LogP contribution in [-0.2, 0) is 0 Å². The van der Waals surface area contributed by atoms with Crippen molar-refractivity contribution in [2.45, 2.75) is 18.9 Å². The van der Waals surface area contributed by atoms with Crippen LogP contribution in [0.4, 0.5) is 4.39 Å². The molecule has 5 heteroatoms. The van der Waals surface area contributed by atoms with Crippen LogP contribution >= 0.6 is 0 Å². The molecule has 4 nitrogen and oxygen atoms in total. The van der Waals surface area contributed by atoms with Crippen LogP contribution in [0.3, 0.4) is 0 Å².